The SMILES string of the molecule is CN(C)CCNC(=O)c1ccc(NC(=O)Nc2ccc(-c3nc(N4CCOCC4)nc(N4C5CCC4COC5)n3)cc2)cc1. The van der Waals surface area contributed by atoms with Crippen LogP contribution in [0.2, 0.25) is 0 Å². The molecule has 3 aliphatic heterocycles. The molecule has 3 aromatic rings. The zero-order valence-corrected chi connectivity index (χ0v) is 25.2. The van der Waals surface area contributed by atoms with Gasteiger partial charge in [-0.15, -0.1) is 0 Å². The van der Waals surface area contributed by atoms with Gasteiger partial charge in [0.15, 0.2) is 5.82 Å². The van der Waals surface area contributed by atoms with Gasteiger partial charge in [0.1, 0.15) is 0 Å². The average Bonchev–Trinajstić information content (AvgIpc) is 3.29. The third kappa shape index (κ3) is 7.07. The van der Waals surface area contributed by atoms with Crippen LogP contribution >= 0.6 is 0 Å². The lowest BCUT2D eigenvalue weighted by atomic mass is 10.2. The molecule has 0 saturated carbocycles. The highest BCUT2D eigenvalue weighted by Gasteiger charge is 2.39. The Hall–Kier alpha value is -4.33. The fraction of sp³-hybridized carbons (Fsp3) is 0.452. The van der Waals surface area contributed by atoms with Gasteiger partial charge in [0.2, 0.25) is 11.9 Å². The fourth-order valence-electron chi connectivity index (χ4n) is 5.65. The first-order valence-corrected chi connectivity index (χ1v) is 15.1. The van der Waals surface area contributed by atoms with Crippen LogP contribution in [0, 0.1) is 0 Å². The maximum atomic E-state index is 12.7. The fourth-order valence-corrected chi connectivity index (χ4v) is 5.65. The lowest BCUT2D eigenvalue weighted by Crippen LogP contribution is -2.47. The highest BCUT2D eigenvalue weighted by Crippen LogP contribution is 2.34. The number of urea groups is 1. The molecule has 44 heavy (non-hydrogen) atoms. The van der Waals surface area contributed by atoms with Crippen LogP contribution in [0.1, 0.15) is 23.2 Å². The molecule has 3 N–H and O–H groups in total. The van der Waals surface area contributed by atoms with Gasteiger partial charge in [0.05, 0.1) is 38.5 Å². The minimum atomic E-state index is -0.388. The summed E-state index contributed by atoms with van der Waals surface area (Å²) in [4.78, 5) is 46.1. The van der Waals surface area contributed by atoms with E-state index in [1.807, 2.05) is 43.3 Å². The predicted octanol–water partition coefficient (Wildman–Crippen LogP) is 2.68. The highest BCUT2D eigenvalue weighted by atomic mass is 16.5. The number of ether oxygens (including phenoxy) is 2. The number of anilines is 4. The van der Waals surface area contributed by atoms with Gasteiger partial charge in [-0.2, -0.15) is 15.0 Å². The van der Waals surface area contributed by atoms with Crippen molar-refractivity contribution in [2.75, 3.05) is 87.1 Å². The van der Waals surface area contributed by atoms with Gasteiger partial charge < -0.3 is 40.1 Å². The van der Waals surface area contributed by atoms with Gasteiger partial charge in [0, 0.05) is 48.7 Å². The molecule has 2 aromatic carbocycles. The van der Waals surface area contributed by atoms with Crippen molar-refractivity contribution in [3.05, 3.63) is 54.1 Å². The molecular formula is C31H39N9O4. The van der Waals surface area contributed by atoms with Crippen molar-refractivity contribution in [1.29, 1.82) is 0 Å². The zero-order chi connectivity index (χ0) is 30.5. The number of morpholine rings is 2. The van der Waals surface area contributed by atoms with E-state index in [0.717, 1.165) is 38.0 Å². The van der Waals surface area contributed by atoms with E-state index >= 15 is 0 Å². The second-order valence-corrected chi connectivity index (χ2v) is 11.5. The molecule has 13 heteroatoms. The van der Waals surface area contributed by atoms with Gasteiger partial charge in [-0.3, -0.25) is 4.79 Å². The number of nitrogens with one attached hydrogen (secondary N) is 3. The molecule has 3 amide bonds. The van der Waals surface area contributed by atoms with Crippen LogP contribution in [0.4, 0.5) is 28.1 Å². The van der Waals surface area contributed by atoms with E-state index < -0.39 is 0 Å². The summed E-state index contributed by atoms with van der Waals surface area (Å²) in [5.74, 6) is 1.77. The van der Waals surface area contributed by atoms with E-state index in [1.165, 1.54) is 0 Å². The summed E-state index contributed by atoms with van der Waals surface area (Å²) in [5.41, 5.74) is 2.56. The Labute approximate surface area is 257 Å². The van der Waals surface area contributed by atoms with E-state index in [9.17, 15) is 9.59 Å². The molecule has 3 aliphatic rings. The van der Waals surface area contributed by atoms with Crippen LogP contribution in [0.15, 0.2) is 48.5 Å². The number of carbonyl (C=O) groups excluding carboxylic acids is 2. The van der Waals surface area contributed by atoms with Gasteiger partial charge in [-0.25, -0.2) is 4.79 Å². The smallest absolute Gasteiger partial charge is 0.323 e. The third-order valence-electron chi connectivity index (χ3n) is 8.03. The molecule has 13 nitrogen and oxygen atoms in total. The molecule has 2 unspecified atom stereocenters. The lowest BCUT2D eigenvalue weighted by molar-refractivity contribution is 0.0897. The van der Waals surface area contributed by atoms with E-state index in [0.29, 0.717) is 67.6 Å². The van der Waals surface area contributed by atoms with Crippen molar-refractivity contribution in [2.24, 2.45) is 0 Å². The highest BCUT2D eigenvalue weighted by molar-refractivity contribution is 6.00. The molecule has 2 atom stereocenters. The summed E-state index contributed by atoms with van der Waals surface area (Å²) in [6.07, 6.45) is 2.13. The maximum Gasteiger partial charge on any atom is 0.323 e. The van der Waals surface area contributed by atoms with Crippen molar-refractivity contribution in [3.8, 4) is 11.4 Å². The Morgan fingerprint density at radius 2 is 1.45 bits per heavy atom. The first-order valence-electron chi connectivity index (χ1n) is 15.1. The summed E-state index contributed by atoms with van der Waals surface area (Å²) in [5, 5.41) is 8.55. The molecule has 232 valence electrons. The van der Waals surface area contributed by atoms with Crippen molar-refractivity contribution in [3.63, 3.8) is 0 Å². The Balaban J connectivity index is 1.12. The lowest BCUT2D eigenvalue weighted by Gasteiger charge is -2.35. The van der Waals surface area contributed by atoms with Gasteiger partial charge in [-0.1, -0.05) is 0 Å². The topological polar surface area (TPSA) is 137 Å². The maximum absolute atomic E-state index is 12.7. The van der Waals surface area contributed by atoms with Gasteiger partial charge in [0.25, 0.3) is 5.91 Å². The van der Waals surface area contributed by atoms with E-state index in [4.69, 9.17) is 24.4 Å². The van der Waals surface area contributed by atoms with Crippen LogP contribution < -0.4 is 25.8 Å². The van der Waals surface area contributed by atoms with Crippen molar-refractivity contribution in [2.45, 2.75) is 24.9 Å². The van der Waals surface area contributed by atoms with Crippen LogP contribution in [-0.4, -0.2) is 111 Å². The molecule has 0 spiro atoms. The summed E-state index contributed by atoms with van der Waals surface area (Å²) in [6, 6.07) is 14.4. The standard InChI is InChI=1S/C31H39N9O4/c1-38(2)14-13-32-28(41)22-5-9-24(10-6-22)34-31(42)33-23-7-3-21(4-8-23)27-35-29(39-15-17-43-18-16-39)37-30(36-27)40-25-11-12-26(40)20-44-19-25/h3-10,25-26H,11-20H2,1-2H3,(H,32,41)(H2,33,34,42). The molecular weight excluding hydrogens is 562 g/mol. The quantitative estimate of drug-likeness (QED) is 0.336. The minimum Gasteiger partial charge on any atom is -0.378 e. The number of benzene rings is 2. The Morgan fingerprint density at radius 3 is 2.09 bits per heavy atom. The van der Waals surface area contributed by atoms with Crippen LogP contribution in [0.5, 0.6) is 0 Å². The Morgan fingerprint density at radius 1 is 0.841 bits per heavy atom. The zero-order valence-electron chi connectivity index (χ0n) is 25.2. The predicted molar refractivity (Wildman–Crippen MR) is 168 cm³/mol. The number of likely N-dealkylation sites (N-methyl/N-ethyl adjacent to an activating group) is 1. The molecule has 3 fully saturated rings. The molecule has 1 aromatic heterocycles. The number of amides is 3. The van der Waals surface area contributed by atoms with Gasteiger partial charge in [-0.05, 0) is 75.5 Å². The molecule has 3 saturated heterocycles. The minimum absolute atomic E-state index is 0.150. The van der Waals surface area contributed by atoms with Crippen molar-refractivity contribution >= 4 is 35.2 Å². The second-order valence-electron chi connectivity index (χ2n) is 11.5. The van der Waals surface area contributed by atoms with E-state index in [1.54, 1.807) is 24.3 Å². The summed E-state index contributed by atoms with van der Waals surface area (Å²) in [7, 11) is 3.91. The number of fused-ring (bicyclic) bond motifs is 2. The molecule has 2 bridgehead atoms. The summed E-state index contributed by atoms with van der Waals surface area (Å²) < 4.78 is 11.3. The third-order valence-corrected chi connectivity index (χ3v) is 8.03. The normalized spacial score (nSPS) is 19.6. The van der Waals surface area contributed by atoms with Gasteiger partial charge >= 0.3 is 6.03 Å². The first kappa shape index (κ1) is 29.7. The average molecular weight is 602 g/mol. The number of aromatic nitrogens is 3. The van der Waals surface area contributed by atoms with Crippen LogP contribution in [0.3, 0.4) is 0 Å². The number of hydrogen-bond acceptors (Lipinski definition) is 10. The van der Waals surface area contributed by atoms with Crippen molar-refractivity contribution < 1.29 is 19.1 Å². The monoisotopic (exact) mass is 601 g/mol. The largest absolute Gasteiger partial charge is 0.378 e. The Bertz CT molecular complexity index is 1430. The van der Waals surface area contributed by atoms with E-state index in [2.05, 4.69) is 25.8 Å². The number of nitrogens with zero attached hydrogens (tertiary/aromatic N) is 6. The first-order chi connectivity index (χ1) is 21.4. The number of rotatable bonds is 9. The van der Waals surface area contributed by atoms with Crippen LogP contribution in [0.25, 0.3) is 11.4 Å². The summed E-state index contributed by atoms with van der Waals surface area (Å²) >= 11 is 0. The van der Waals surface area contributed by atoms with Crippen molar-refractivity contribution in [1.82, 2.24) is 25.2 Å². The Kier molecular flexibility index (Phi) is 9.15. The molecule has 4 heterocycles. The molecule has 0 radical (unpaired) electrons. The second kappa shape index (κ2) is 13.5. The summed E-state index contributed by atoms with van der Waals surface area (Å²) in [6.45, 7) is 5.41. The molecule has 0 aliphatic carbocycles. The van der Waals surface area contributed by atoms with Crippen LogP contribution in [-0.2, 0) is 9.47 Å². The molecule has 6 rings (SSSR count). The number of carbonyl (C=O) groups is 2. The number of hydrogen-bond donors (Lipinski definition) is 3. The van der Waals surface area contributed by atoms with E-state index in [-0.39, 0.29) is 24.0 Å².